The van der Waals surface area contributed by atoms with Gasteiger partial charge in [-0.3, -0.25) is 19.2 Å². The van der Waals surface area contributed by atoms with Crippen LogP contribution in [0.3, 0.4) is 0 Å². The van der Waals surface area contributed by atoms with Crippen LogP contribution >= 0.6 is 0 Å². The second-order valence-corrected chi connectivity index (χ2v) is 9.28. The van der Waals surface area contributed by atoms with Crippen LogP contribution in [0.15, 0.2) is 57.6 Å². The second kappa shape index (κ2) is 7.78. The number of rotatable bonds is 4. The molecule has 3 atom stereocenters. The minimum Gasteiger partial charge on any atom is -0.511 e. The van der Waals surface area contributed by atoms with Gasteiger partial charge < -0.3 is 24.8 Å². The number of hydrogen-bond donors (Lipinski definition) is 4. The predicted octanol–water partition coefficient (Wildman–Crippen LogP) is 2.70. The predicted molar refractivity (Wildman–Crippen MR) is 119 cm³/mol. The number of ketones is 4. The Labute approximate surface area is 199 Å². The maximum atomic E-state index is 13.5. The molecule has 0 aliphatic heterocycles. The summed E-state index contributed by atoms with van der Waals surface area (Å²) in [7, 11) is 0. The Morgan fingerprint density at radius 3 is 2.51 bits per heavy atom. The Morgan fingerprint density at radius 1 is 1.11 bits per heavy atom. The van der Waals surface area contributed by atoms with Crippen LogP contribution < -0.4 is 0 Å². The molecule has 0 bridgehead atoms. The molecule has 180 valence electrons. The lowest BCUT2D eigenvalue weighted by Crippen LogP contribution is -2.56. The van der Waals surface area contributed by atoms with E-state index in [4.69, 9.17) is 4.42 Å². The number of aliphatic hydroxyl groups is 3. The Balaban J connectivity index is 1.60. The largest absolute Gasteiger partial charge is 0.511 e. The molecule has 0 fully saturated rings. The van der Waals surface area contributed by atoms with Crippen molar-refractivity contribution in [3.05, 3.63) is 75.6 Å². The average Bonchev–Trinajstić information content (AvgIpc) is 3.33. The van der Waals surface area contributed by atoms with Gasteiger partial charge in [0.05, 0.1) is 11.8 Å². The number of aromatic hydroxyl groups is 1. The summed E-state index contributed by atoms with van der Waals surface area (Å²) in [5.41, 5.74) is -2.50. The van der Waals surface area contributed by atoms with Gasteiger partial charge in [-0.25, -0.2) is 0 Å². The Bertz CT molecular complexity index is 1380. The van der Waals surface area contributed by atoms with Gasteiger partial charge in [0.2, 0.25) is 11.6 Å². The molecule has 3 aliphatic rings. The third kappa shape index (κ3) is 3.19. The summed E-state index contributed by atoms with van der Waals surface area (Å²) >= 11 is 0. The van der Waals surface area contributed by atoms with E-state index in [2.05, 4.69) is 0 Å². The van der Waals surface area contributed by atoms with Gasteiger partial charge in [0.15, 0.2) is 22.9 Å². The molecule has 0 unspecified atom stereocenters. The normalized spacial score (nSPS) is 25.8. The van der Waals surface area contributed by atoms with Crippen LogP contribution in [0.25, 0.3) is 0 Å². The summed E-state index contributed by atoms with van der Waals surface area (Å²) in [6, 6.07) is 5.93. The molecule has 0 saturated heterocycles. The molecule has 1 heterocycles. The van der Waals surface area contributed by atoms with Gasteiger partial charge in [0.1, 0.15) is 22.8 Å². The lowest BCUT2D eigenvalue weighted by molar-refractivity contribution is -0.144. The standard InChI is InChI=1S/C26H22O9/c1-11(27)20-18(30)10-14-7-13-8-15-12(9-17(29)19-3-2-6-35-19)4-5-16(28)22(15)23(31)21(13)25(33)26(14,34)24(20)32/h2-6,13-14,28,30,33-34H,7-10H2,1H3/t13-,14+,26-/m1/s1. The molecule has 0 radical (unpaired) electrons. The van der Waals surface area contributed by atoms with E-state index >= 15 is 0 Å². The molecule has 9 nitrogen and oxygen atoms in total. The van der Waals surface area contributed by atoms with E-state index in [1.54, 1.807) is 12.1 Å². The van der Waals surface area contributed by atoms with Crippen molar-refractivity contribution in [3.63, 3.8) is 0 Å². The summed E-state index contributed by atoms with van der Waals surface area (Å²) in [5.74, 6) is -6.12. The van der Waals surface area contributed by atoms with Crippen molar-refractivity contribution in [2.45, 2.75) is 38.2 Å². The lowest BCUT2D eigenvalue weighted by atomic mass is 9.60. The zero-order chi connectivity index (χ0) is 25.2. The zero-order valence-corrected chi connectivity index (χ0v) is 18.7. The number of hydrogen-bond acceptors (Lipinski definition) is 9. The first kappa shape index (κ1) is 22.8. The topological polar surface area (TPSA) is 162 Å². The fourth-order valence-electron chi connectivity index (χ4n) is 5.66. The molecule has 0 amide bonds. The number of carbonyl (C=O) groups is 4. The van der Waals surface area contributed by atoms with E-state index in [0.29, 0.717) is 11.1 Å². The molecule has 35 heavy (non-hydrogen) atoms. The van der Waals surface area contributed by atoms with Crippen molar-refractivity contribution < 1.29 is 44.0 Å². The quantitative estimate of drug-likeness (QED) is 0.382. The van der Waals surface area contributed by atoms with Gasteiger partial charge in [0.25, 0.3) is 0 Å². The SMILES string of the molecule is CC(=O)C1=C(O)C[C@@H]2C[C@@H]3Cc4c(CC(=O)c5ccco5)ccc(O)c4C(=O)C3=C(O)[C@]2(O)C1=O. The summed E-state index contributed by atoms with van der Waals surface area (Å²) < 4.78 is 5.15. The number of phenolic OH excluding ortho intramolecular Hbond substituents is 1. The van der Waals surface area contributed by atoms with Crippen LogP contribution in [-0.2, 0) is 22.4 Å². The van der Waals surface area contributed by atoms with Gasteiger partial charge in [-0.2, -0.15) is 0 Å². The lowest BCUT2D eigenvalue weighted by Gasteiger charge is -2.45. The number of furan rings is 1. The first-order chi connectivity index (χ1) is 16.6. The summed E-state index contributed by atoms with van der Waals surface area (Å²) in [5, 5.41) is 43.2. The number of Topliss-reactive ketones (excluding diaryl/α,β-unsaturated/α-hetero) is 4. The Hall–Kier alpha value is -3.98. The highest BCUT2D eigenvalue weighted by molar-refractivity contribution is 6.25. The number of aliphatic hydroxyl groups excluding tert-OH is 2. The minimum absolute atomic E-state index is 0.0588. The Morgan fingerprint density at radius 2 is 1.86 bits per heavy atom. The number of allylic oxidation sites excluding steroid dienone is 2. The van der Waals surface area contributed by atoms with Crippen LogP contribution in [0, 0.1) is 11.8 Å². The van der Waals surface area contributed by atoms with Gasteiger partial charge >= 0.3 is 0 Å². The highest BCUT2D eigenvalue weighted by Gasteiger charge is 2.59. The first-order valence-electron chi connectivity index (χ1n) is 11.1. The number of carbonyl (C=O) groups excluding carboxylic acids is 4. The Kier molecular flexibility index (Phi) is 5.06. The van der Waals surface area contributed by atoms with E-state index in [1.165, 1.54) is 18.4 Å². The van der Waals surface area contributed by atoms with Crippen LogP contribution in [0.2, 0.25) is 0 Å². The minimum atomic E-state index is -2.53. The van der Waals surface area contributed by atoms with Crippen LogP contribution in [-0.4, -0.2) is 49.2 Å². The molecule has 1 aromatic carbocycles. The summed E-state index contributed by atoms with van der Waals surface area (Å²) in [6.07, 6.45) is 1.27. The summed E-state index contributed by atoms with van der Waals surface area (Å²) in [4.78, 5) is 51.1. The van der Waals surface area contributed by atoms with Crippen LogP contribution in [0.5, 0.6) is 5.75 Å². The van der Waals surface area contributed by atoms with Gasteiger partial charge in [-0.1, -0.05) is 6.07 Å². The van der Waals surface area contributed by atoms with Gasteiger partial charge in [-0.05, 0) is 55.0 Å². The molecule has 4 N–H and O–H groups in total. The van der Waals surface area contributed by atoms with E-state index in [1.807, 2.05) is 0 Å². The summed E-state index contributed by atoms with van der Waals surface area (Å²) in [6.45, 7) is 1.06. The smallest absolute Gasteiger partial charge is 0.209 e. The fourth-order valence-corrected chi connectivity index (χ4v) is 5.66. The highest BCUT2D eigenvalue weighted by atomic mass is 16.3. The fraction of sp³-hybridized carbons (Fsp3) is 0.308. The van der Waals surface area contributed by atoms with E-state index in [0.717, 1.165) is 6.92 Å². The monoisotopic (exact) mass is 478 g/mol. The number of benzene rings is 1. The molecule has 3 aliphatic carbocycles. The molecule has 9 heteroatoms. The van der Waals surface area contributed by atoms with Crippen molar-refractivity contribution >= 4 is 23.1 Å². The van der Waals surface area contributed by atoms with Crippen molar-refractivity contribution in [2.24, 2.45) is 11.8 Å². The molecular weight excluding hydrogens is 456 g/mol. The van der Waals surface area contributed by atoms with Crippen LogP contribution in [0.4, 0.5) is 0 Å². The molecule has 1 aromatic heterocycles. The molecule has 0 spiro atoms. The third-order valence-electron chi connectivity index (χ3n) is 7.30. The first-order valence-corrected chi connectivity index (χ1v) is 11.1. The van der Waals surface area contributed by atoms with E-state index in [9.17, 15) is 39.6 Å². The molecule has 5 rings (SSSR count). The zero-order valence-electron chi connectivity index (χ0n) is 18.7. The highest BCUT2D eigenvalue weighted by Crippen LogP contribution is 2.51. The van der Waals surface area contributed by atoms with Crippen molar-refractivity contribution in [1.82, 2.24) is 0 Å². The van der Waals surface area contributed by atoms with Crippen molar-refractivity contribution in [2.75, 3.05) is 0 Å². The van der Waals surface area contributed by atoms with Gasteiger partial charge in [-0.15, -0.1) is 0 Å². The second-order valence-electron chi connectivity index (χ2n) is 9.28. The van der Waals surface area contributed by atoms with Crippen LogP contribution in [0.1, 0.15) is 51.8 Å². The van der Waals surface area contributed by atoms with Gasteiger partial charge in [0, 0.05) is 24.3 Å². The third-order valence-corrected chi connectivity index (χ3v) is 7.30. The maximum absolute atomic E-state index is 13.5. The van der Waals surface area contributed by atoms with E-state index in [-0.39, 0.29) is 54.1 Å². The number of fused-ring (bicyclic) bond motifs is 3. The number of phenols is 1. The average molecular weight is 478 g/mol. The molecular formula is C26H22O9. The van der Waals surface area contributed by atoms with Crippen molar-refractivity contribution in [1.29, 1.82) is 0 Å². The van der Waals surface area contributed by atoms with E-state index < -0.39 is 51.9 Å². The van der Waals surface area contributed by atoms with Crippen molar-refractivity contribution in [3.8, 4) is 5.75 Å². The maximum Gasteiger partial charge on any atom is 0.209 e. The molecule has 0 saturated carbocycles. The molecule has 2 aromatic rings.